The number of carboxylic acid groups (broad SMARTS) is 1. The van der Waals surface area contributed by atoms with Gasteiger partial charge in [-0.2, -0.15) is 0 Å². The largest absolute Gasteiger partial charge is 0.477 e. The number of carboxylic acids is 1. The Morgan fingerprint density at radius 2 is 2.16 bits per heavy atom. The van der Waals surface area contributed by atoms with Crippen molar-refractivity contribution >= 4 is 16.9 Å². The maximum Gasteiger partial charge on any atom is 0.341 e. The number of aromatic nitrogens is 1. The van der Waals surface area contributed by atoms with Gasteiger partial charge in [0, 0.05) is 23.2 Å². The standard InChI is InChI=1S/C13H9F2NO3/c1-5-2-6-10(15)9(14)3-7-11(6)16(5)4-8(12(7)17)13(18)19/h3-5H,2H2,1H3,(H,18,19). The minimum atomic E-state index is -1.37. The Labute approximate surface area is 105 Å². The molecule has 1 unspecified atom stereocenters. The molecule has 0 amide bonds. The molecule has 1 aliphatic rings. The molecule has 0 bridgehead atoms. The number of hydrogen-bond donors (Lipinski definition) is 1. The van der Waals surface area contributed by atoms with Gasteiger partial charge in [-0.15, -0.1) is 0 Å². The van der Waals surface area contributed by atoms with Crippen molar-refractivity contribution in [2.24, 2.45) is 0 Å². The van der Waals surface area contributed by atoms with Gasteiger partial charge in [-0.05, 0) is 19.4 Å². The summed E-state index contributed by atoms with van der Waals surface area (Å²) in [6.45, 7) is 1.76. The predicted octanol–water partition coefficient (Wildman–Crippen LogP) is 2.09. The van der Waals surface area contributed by atoms with Gasteiger partial charge < -0.3 is 9.67 Å². The summed E-state index contributed by atoms with van der Waals surface area (Å²) in [5.74, 6) is -3.46. The second-order valence-electron chi connectivity index (χ2n) is 4.68. The third-order valence-electron chi connectivity index (χ3n) is 3.51. The Hall–Kier alpha value is -2.24. The molecule has 0 spiro atoms. The monoisotopic (exact) mass is 265 g/mol. The van der Waals surface area contributed by atoms with Crippen molar-refractivity contribution in [3.8, 4) is 0 Å². The fourth-order valence-electron chi connectivity index (χ4n) is 2.62. The topological polar surface area (TPSA) is 59.3 Å². The quantitative estimate of drug-likeness (QED) is 0.859. The van der Waals surface area contributed by atoms with Crippen LogP contribution in [0.25, 0.3) is 10.9 Å². The highest BCUT2D eigenvalue weighted by molar-refractivity contribution is 5.94. The highest BCUT2D eigenvalue weighted by Crippen LogP contribution is 2.34. The summed E-state index contributed by atoms with van der Waals surface area (Å²) in [4.78, 5) is 23.0. The molecule has 2 aromatic rings. The average Bonchev–Trinajstić information content (AvgIpc) is 2.67. The van der Waals surface area contributed by atoms with Crippen LogP contribution in [-0.4, -0.2) is 15.6 Å². The first-order valence-corrected chi connectivity index (χ1v) is 5.71. The normalized spacial score (nSPS) is 17.1. The van der Waals surface area contributed by atoms with Gasteiger partial charge >= 0.3 is 5.97 Å². The molecule has 0 radical (unpaired) electrons. The Balaban J connectivity index is 2.57. The Bertz CT molecular complexity index is 795. The van der Waals surface area contributed by atoms with E-state index in [0.29, 0.717) is 5.52 Å². The molecule has 2 heterocycles. The molecule has 3 rings (SSSR count). The summed E-state index contributed by atoms with van der Waals surface area (Å²) in [6.07, 6.45) is 1.44. The molecule has 0 saturated heterocycles. The van der Waals surface area contributed by atoms with E-state index in [1.165, 1.54) is 10.8 Å². The fraction of sp³-hybridized carbons (Fsp3) is 0.231. The maximum absolute atomic E-state index is 13.7. The first-order valence-electron chi connectivity index (χ1n) is 5.71. The molecule has 19 heavy (non-hydrogen) atoms. The van der Waals surface area contributed by atoms with E-state index in [9.17, 15) is 18.4 Å². The third kappa shape index (κ3) is 1.43. The predicted molar refractivity (Wildman–Crippen MR) is 63.5 cm³/mol. The third-order valence-corrected chi connectivity index (χ3v) is 3.51. The molecular weight excluding hydrogens is 256 g/mol. The maximum atomic E-state index is 13.7. The molecule has 0 aliphatic carbocycles. The molecule has 4 nitrogen and oxygen atoms in total. The van der Waals surface area contributed by atoms with Crippen LogP contribution in [0.2, 0.25) is 0 Å². The first kappa shape index (κ1) is 11.8. The lowest BCUT2D eigenvalue weighted by molar-refractivity contribution is 0.0695. The van der Waals surface area contributed by atoms with Gasteiger partial charge in [0.1, 0.15) is 5.56 Å². The van der Waals surface area contributed by atoms with E-state index in [-0.39, 0.29) is 23.4 Å². The van der Waals surface area contributed by atoms with Crippen LogP contribution in [-0.2, 0) is 6.42 Å². The molecule has 98 valence electrons. The van der Waals surface area contributed by atoms with Gasteiger partial charge in [-0.1, -0.05) is 0 Å². The first-order chi connectivity index (χ1) is 8.91. The summed E-state index contributed by atoms with van der Waals surface area (Å²) in [7, 11) is 0. The van der Waals surface area contributed by atoms with Crippen LogP contribution in [0.5, 0.6) is 0 Å². The Morgan fingerprint density at radius 1 is 1.47 bits per heavy atom. The molecule has 0 fully saturated rings. The molecule has 1 aromatic carbocycles. The molecular formula is C13H9F2NO3. The van der Waals surface area contributed by atoms with Crippen LogP contribution >= 0.6 is 0 Å². The highest BCUT2D eigenvalue weighted by atomic mass is 19.2. The van der Waals surface area contributed by atoms with E-state index in [1.807, 2.05) is 0 Å². The summed E-state index contributed by atoms with van der Waals surface area (Å²) < 4.78 is 28.7. The number of pyridine rings is 1. The molecule has 1 aliphatic heterocycles. The summed E-state index contributed by atoms with van der Waals surface area (Å²) >= 11 is 0. The van der Waals surface area contributed by atoms with E-state index in [0.717, 1.165) is 6.07 Å². The number of rotatable bonds is 1. The lowest BCUT2D eigenvalue weighted by atomic mass is 10.1. The van der Waals surface area contributed by atoms with Crippen LogP contribution in [0.4, 0.5) is 8.78 Å². The van der Waals surface area contributed by atoms with Crippen molar-refractivity contribution in [2.45, 2.75) is 19.4 Å². The van der Waals surface area contributed by atoms with Crippen LogP contribution in [0.1, 0.15) is 28.9 Å². The van der Waals surface area contributed by atoms with E-state index in [1.54, 1.807) is 6.92 Å². The number of halogens is 2. The van der Waals surface area contributed by atoms with Gasteiger partial charge in [0.25, 0.3) is 0 Å². The lowest BCUT2D eigenvalue weighted by Crippen LogP contribution is -2.18. The minimum Gasteiger partial charge on any atom is -0.477 e. The van der Waals surface area contributed by atoms with Gasteiger partial charge in [-0.3, -0.25) is 4.79 Å². The Kier molecular flexibility index (Phi) is 2.26. The fourth-order valence-corrected chi connectivity index (χ4v) is 2.62. The molecule has 6 heteroatoms. The summed E-state index contributed by atoms with van der Waals surface area (Å²) in [5.41, 5.74) is -0.788. The van der Waals surface area contributed by atoms with E-state index in [4.69, 9.17) is 5.11 Å². The summed E-state index contributed by atoms with van der Waals surface area (Å²) in [6, 6.07) is 0.560. The molecule has 1 N–H and O–H groups in total. The summed E-state index contributed by atoms with van der Waals surface area (Å²) in [5, 5.41) is 8.91. The second-order valence-corrected chi connectivity index (χ2v) is 4.68. The van der Waals surface area contributed by atoms with Gasteiger partial charge in [0.2, 0.25) is 5.43 Å². The van der Waals surface area contributed by atoms with Crippen molar-refractivity contribution in [2.75, 3.05) is 0 Å². The zero-order valence-electron chi connectivity index (χ0n) is 9.91. The van der Waals surface area contributed by atoms with Crippen molar-refractivity contribution in [3.05, 3.63) is 45.2 Å². The SMILES string of the molecule is CC1Cc2c(F)c(F)cc3c(=O)c(C(=O)O)cn1c23. The van der Waals surface area contributed by atoms with Crippen LogP contribution < -0.4 is 5.43 Å². The van der Waals surface area contributed by atoms with Crippen LogP contribution in [0, 0.1) is 11.6 Å². The molecule has 1 atom stereocenters. The molecule has 0 saturated carbocycles. The van der Waals surface area contributed by atoms with E-state index in [2.05, 4.69) is 0 Å². The number of aromatic carboxylic acids is 1. The van der Waals surface area contributed by atoms with Gasteiger partial charge in [0.15, 0.2) is 11.6 Å². The van der Waals surface area contributed by atoms with Crippen molar-refractivity contribution < 1.29 is 18.7 Å². The number of benzene rings is 1. The smallest absolute Gasteiger partial charge is 0.341 e. The number of carbonyl (C=O) groups is 1. The molecule has 1 aromatic heterocycles. The minimum absolute atomic E-state index is 0.0850. The van der Waals surface area contributed by atoms with Gasteiger partial charge in [-0.25, -0.2) is 13.6 Å². The highest BCUT2D eigenvalue weighted by Gasteiger charge is 2.28. The van der Waals surface area contributed by atoms with Crippen molar-refractivity contribution in [1.29, 1.82) is 0 Å². The Morgan fingerprint density at radius 3 is 2.79 bits per heavy atom. The van der Waals surface area contributed by atoms with Crippen LogP contribution in [0.15, 0.2) is 17.1 Å². The number of nitrogens with zero attached hydrogens (tertiary/aromatic N) is 1. The van der Waals surface area contributed by atoms with E-state index < -0.39 is 28.6 Å². The zero-order valence-corrected chi connectivity index (χ0v) is 9.91. The lowest BCUT2D eigenvalue weighted by Gasteiger charge is -2.10. The van der Waals surface area contributed by atoms with Crippen molar-refractivity contribution in [3.63, 3.8) is 0 Å². The number of hydrogen-bond acceptors (Lipinski definition) is 2. The van der Waals surface area contributed by atoms with Crippen molar-refractivity contribution in [1.82, 2.24) is 4.57 Å². The van der Waals surface area contributed by atoms with Crippen LogP contribution in [0.3, 0.4) is 0 Å². The second kappa shape index (κ2) is 3.63. The van der Waals surface area contributed by atoms with Gasteiger partial charge in [0.05, 0.1) is 5.52 Å². The van der Waals surface area contributed by atoms with E-state index >= 15 is 0 Å². The zero-order chi connectivity index (χ0) is 13.9. The average molecular weight is 265 g/mol.